The minimum Gasteiger partial charge on any atom is -0.356 e. The monoisotopic (exact) mass is 370 g/mol. The predicted octanol–water partition coefficient (Wildman–Crippen LogP) is 3.55. The number of rotatable bonds is 5. The molecule has 0 radical (unpaired) electrons. The van der Waals surface area contributed by atoms with Crippen molar-refractivity contribution in [3.8, 4) is 0 Å². The van der Waals surface area contributed by atoms with Crippen LogP contribution in [0.2, 0.25) is 5.02 Å². The SMILES string of the molecule is O=C(NCCc1ccccc1)C1CCN(C(=O)c2ccc(Cl)cc2)CC1. The van der Waals surface area contributed by atoms with Gasteiger partial charge in [-0.05, 0) is 49.1 Å². The molecule has 1 heterocycles. The summed E-state index contributed by atoms with van der Waals surface area (Å²) in [7, 11) is 0. The molecular formula is C21H23ClN2O2. The van der Waals surface area contributed by atoms with E-state index >= 15 is 0 Å². The second-order valence-electron chi connectivity index (χ2n) is 6.60. The van der Waals surface area contributed by atoms with Crippen LogP contribution in [-0.4, -0.2) is 36.3 Å². The van der Waals surface area contributed by atoms with Crippen molar-refractivity contribution in [2.45, 2.75) is 19.3 Å². The van der Waals surface area contributed by atoms with Gasteiger partial charge in [0.15, 0.2) is 0 Å². The zero-order chi connectivity index (χ0) is 18.4. The number of amides is 2. The fourth-order valence-corrected chi connectivity index (χ4v) is 3.36. The molecule has 3 rings (SSSR count). The average molecular weight is 371 g/mol. The molecule has 1 N–H and O–H groups in total. The number of nitrogens with one attached hydrogen (secondary N) is 1. The van der Waals surface area contributed by atoms with Gasteiger partial charge in [-0.1, -0.05) is 41.9 Å². The van der Waals surface area contributed by atoms with Crippen LogP contribution in [0.25, 0.3) is 0 Å². The van der Waals surface area contributed by atoms with Crippen molar-refractivity contribution < 1.29 is 9.59 Å². The molecule has 0 spiro atoms. The number of hydrogen-bond acceptors (Lipinski definition) is 2. The van der Waals surface area contributed by atoms with Gasteiger partial charge >= 0.3 is 0 Å². The molecule has 1 aliphatic heterocycles. The maximum atomic E-state index is 12.5. The highest BCUT2D eigenvalue weighted by Gasteiger charge is 2.27. The summed E-state index contributed by atoms with van der Waals surface area (Å²) in [5.74, 6) is 0.0872. The van der Waals surface area contributed by atoms with Crippen molar-refractivity contribution in [1.82, 2.24) is 10.2 Å². The maximum absolute atomic E-state index is 12.5. The molecule has 2 amide bonds. The fourth-order valence-electron chi connectivity index (χ4n) is 3.24. The summed E-state index contributed by atoms with van der Waals surface area (Å²) in [6.07, 6.45) is 2.24. The van der Waals surface area contributed by atoms with E-state index in [2.05, 4.69) is 17.4 Å². The van der Waals surface area contributed by atoms with E-state index in [4.69, 9.17) is 11.6 Å². The molecule has 26 heavy (non-hydrogen) atoms. The van der Waals surface area contributed by atoms with Crippen molar-refractivity contribution in [3.05, 3.63) is 70.7 Å². The van der Waals surface area contributed by atoms with Crippen molar-refractivity contribution in [2.24, 2.45) is 5.92 Å². The summed E-state index contributed by atoms with van der Waals surface area (Å²) < 4.78 is 0. The van der Waals surface area contributed by atoms with Gasteiger partial charge in [0.05, 0.1) is 0 Å². The van der Waals surface area contributed by atoms with Gasteiger partial charge in [0.2, 0.25) is 5.91 Å². The number of nitrogens with zero attached hydrogens (tertiary/aromatic N) is 1. The third-order valence-electron chi connectivity index (χ3n) is 4.80. The first kappa shape index (κ1) is 18.5. The lowest BCUT2D eigenvalue weighted by Gasteiger charge is -2.31. The van der Waals surface area contributed by atoms with Crippen LogP contribution in [-0.2, 0) is 11.2 Å². The molecule has 2 aromatic rings. The minimum atomic E-state index is -0.0139. The maximum Gasteiger partial charge on any atom is 0.253 e. The van der Waals surface area contributed by atoms with E-state index in [-0.39, 0.29) is 17.7 Å². The Morgan fingerprint density at radius 3 is 2.31 bits per heavy atom. The topological polar surface area (TPSA) is 49.4 Å². The average Bonchev–Trinajstić information content (AvgIpc) is 2.69. The second kappa shape index (κ2) is 8.86. The molecule has 136 valence electrons. The van der Waals surface area contributed by atoms with E-state index < -0.39 is 0 Å². The zero-order valence-corrected chi connectivity index (χ0v) is 15.4. The first-order valence-corrected chi connectivity index (χ1v) is 9.38. The summed E-state index contributed by atoms with van der Waals surface area (Å²) in [6, 6.07) is 17.1. The third-order valence-corrected chi connectivity index (χ3v) is 5.05. The van der Waals surface area contributed by atoms with Gasteiger partial charge in [-0.2, -0.15) is 0 Å². The molecule has 1 aliphatic rings. The Morgan fingerprint density at radius 2 is 1.65 bits per heavy atom. The number of carbonyl (C=O) groups is 2. The molecule has 2 aromatic carbocycles. The van der Waals surface area contributed by atoms with Crippen molar-refractivity contribution in [2.75, 3.05) is 19.6 Å². The number of carbonyl (C=O) groups excluding carboxylic acids is 2. The Labute approximate surface area is 159 Å². The molecule has 4 nitrogen and oxygen atoms in total. The molecule has 0 unspecified atom stereocenters. The van der Waals surface area contributed by atoms with E-state index in [1.165, 1.54) is 5.56 Å². The predicted molar refractivity (Wildman–Crippen MR) is 103 cm³/mol. The highest BCUT2D eigenvalue weighted by atomic mass is 35.5. The van der Waals surface area contributed by atoms with Crippen LogP contribution in [0.4, 0.5) is 0 Å². The summed E-state index contributed by atoms with van der Waals surface area (Å²) in [5, 5.41) is 3.64. The largest absolute Gasteiger partial charge is 0.356 e. The van der Waals surface area contributed by atoms with Gasteiger partial charge in [0.1, 0.15) is 0 Å². The first-order chi connectivity index (χ1) is 12.6. The Morgan fingerprint density at radius 1 is 1.00 bits per heavy atom. The van der Waals surface area contributed by atoms with E-state index in [1.54, 1.807) is 24.3 Å². The number of halogens is 1. The summed E-state index contributed by atoms with van der Waals surface area (Å²) in [4.78, 5) is 26.7. The Balaban J connectivity index is 1.43. The Hall–Kier alpha value is -2.33. The van der Waals surface area contributed by atoms with E-state index in [1.807, 2.05) is 23.1 Å². The molecule has 1 saturated heterocycles. The number of likely N-dealkylation sites (tertiary alicyclic amines) is 1. The van der Waals surface area contributed by atoms with Crippen LogP contribution >= 0.6 is 11.6 Å². The smallest absolute Gasteiger partial charge is 0.253 e. The van der Waals surface area contributed by atoms with Crippen molar-refractivity contribution in [1.29, 1.82) is 0 Å². The number of piperidine rings is 1. The van der Waals surface area contributed by atoms with Crippen LogP contribution in [0.1, 0.15) is 28.8 Å². The Kier molecular flexibility index (Phi) is 6.29. The lowest BCUT2D eigenvalue weighted by molar-refractivity contribution is -0.126. The van der Waals surface area contributed by atoms with Gasteiger partial charge in [-0.15, -0.1) is 0 Å². The van der Waals surface area contributed by atoms with Crippen LogP contribution in [0.3, 0.4) is 0 Å². The lowest BCUT2D eigenvalue weighted by atomic mass is 9.95. The molecule has 0 aliphatic carbocycles. The molecule has 0 aromatic heterocycles. The standard InChI is InChI=1S/C21H23ClN2O2/c22-19-8-6-18(7-9-19)21(26)24-14-11-17(12-15-24)20(25)23-13-10-16-4-2-1-3-5-16/h1-9,17H,10-15H2,(H,23,25). The molecule has 0 saturated carbocycles. The van der Waals surface area contributed by atoms with Gasteiger partial charge in [-0.25, -0.2) is 0 Å². The highest BCUT2D eigenvalue weighted by molar-refractivity contribution is 6.30. The van der Waals surface area contributed by atoms with Crippen molar-refractivity contribution in [3.63, 3.8) is 0 Å². The molecule has 5 heteroatoms. The summed E-state index contributed by atoms with van der Waals surface area (Å²) in [6.45, 7) is 1.86. The van der Waals surface area contributed by atoms with E-state index in [9.17, 15) is 9.59 Å². The normalized spacial score (nSPS) is 14.9. The number of benzene rings is 2. The zero-order valence-electron chi connectivity index (χ0n) is 14.7. The lowest BCUT2D eigenvalue weighted by Crippen LogP contribution is -2.43. The highest BCUT2D eigenvalue weighted by Crippen LogP contribution is 2.20. The minimum absolute atomic E-state index is 0.00426. The third kappa shape index (κ3) is 4.85. The van der Waals surface area contributed by atoms with Crippen LogP contribution in [0.5, 0.6) is 0 Å². The van der Waals surface area contributed by atoms with Crippen molar-refractivity contribution >= 4 is 23.4 Å². The molecule has 0 atom stereocenters. The number of hydrogen-bond donors (Lipinski definition) is 1. The van der Waals surface area contributed by atoms with Gasteiger partial charge in [-0.3, -0.25) is 9.59 Å². The summed E-state index contributed by atoms with van der Waals surface area (Å²) in [5.41, 5.74) is 1.86. The quantitative estimate of drug-likeness (QED) is 0.875. The first-order valence-electron chi connectivity index (χ1n) is 9.00. The second-order valence-corrected chi connectivity index (χ2v) is 7.04. The van der Waals surface area contributed by atoms with Gasteiger partial charge in [0, 0.05) is 36.1 Å². The van der Waals surface area contributed by atoms with Gasteiger partial charge in [0.25, 0.3) is 5.91 Å². The van der Waals surface area contributed by atoms with E-state index in [0.29, 0.717) is 43.1 Å². The molecule has 0 bridgehead atoms. The molecule has 1 fully saturated rings. The molecular weight excluding hydrogens is 348 g/mol. The van der Waals surface area contributed by atoms with Gasteiger partial charge < -0.3 is 10.2 Å². The fraction of sp³-hybridized carbons (Fsp3) is 0.333. The Bertz CT molecular complexity index is 738. The van der Waals surface area contributed by atoms with E-state index in [0.717, 1.165) is 6.42 Å². The summed E-state index contributed by atoms with van der Waals surface area (Å²) >= 11 is 5.87. The van der Waals surface area contributed by atoms with Crippen LogP contribution in [0, 0.1) is 5.92 Å². The van der Waals surface area contributed by atoms with Crippen LogP contribution < -0.4 is 5.32 Å². The van der Waals surface area contributed by atoms with Crippen LogP contribution in [0.15, 0.2) is 54.6 Å².